The zero-order valence-corrected chi connectivity index (χ0v) is 15.8. The molecule has 122 valence electrons. The Morgan fingerprint density at radius 2 is 1.83 bits per heavy atom. The standard InChI is InChI=1S/C18H19BrO3S/c1-18(2,3)15(20)10-22-16(21)11-23-14-9-8-12-6-4-5-7-13(12)17(14)19/h4-9H,10-11H2,1-3H3. The van der Waals surface area contributed by atoms with Gasteiger partial charge in [-0.25, -0.2) is 0 Å². The highest BCUT2D eigenvalue weighted by molar-refractivity contribution is 9.10. The Morgan fingerprint density at radius 3 is 2.52 bits per heavy atom. The van der Waals surface area contributed by atoms with Gasteiger partial charge < -0.3 is 4.74 Å². The Labute approximate surface area is 148 Å². The van der Waals surface area contributed by atoms with E-state index in [9.17, 15) is 9.59 Å². The van der Waals surface area contributed by atoms with Gasteiger partial charge in [0.15, 0.2) is 12.4 Å². The van der Waals surface area contributed by atoms with Crippen molar-refractivity contribution >= 4 is 50.2 Å². The molecule has 0 N–H and O–H groups in total. The largest absolute Gasteiger partial charge is 0.457 e. The number of carbonyl (C=O) groups excluding carboxylic acids is 2. The molecule has 0 atom stereocenters. The predicted molar refractivity (Wildman–Crippen MR) is 97.8 cm³/mol. The number of Topliss-reactive ketones (excluding diaryl/α,β-unsaturated/α-hetero) is 1. The number of benzene rings is 2. The van der Waals surface area contributed by atoms with Gasteiger partial charge in [-0.3, -0.25) is 9.59 Å². The molecular formula is C18H19BrO3S. The van der Waals surface area contributed by atoms with Crippen LogP contribution in [0, 0.1) is 5.41 Å². The van der Waals surface area contributed by atoms with Crippen molar-refractivity contribution in [2.24, 2.45) is 5.41 Å². The molecule has 0 aliphatic heterocycles. The van der Waals surface area contributed by atoms with Gasteiger partial charge >= 0.3 is 5.97 Å². The van der Waals surface area contributed by atoms with Crippen LogP contribution < -0.4 is 0 Å². The van der Waals surface area contributed by atoms with E-state index < -0.39 is 5.41 Å². The van der Waals surface area contributed by atoms with Crippen molar-refractivity contribution < 1.29 is 14.3 Å². The summed E-state index contributed by atoms with van der Waals surface area (Å²) in [5.74, 6) is -0.288. The first-order valence-electron chi connectivity index (χ1n) is 7.28. The third kappa shape index (κ3) is 4.82. The maximum absolute atomic E-state index is 11.8. The fourth-order valence-corrected chi connectivity index (χ4v) is 3.46. The number of ether oxygens (including phenoxy) is 1. The quantitative estimate of drug-likeness (QED) is 0.536. The van der Waals surface area contributed by atoms with Crippen LogP contribution in [-0.2, 0) is 14.3 Å². The Hall–Kier alpha value is -1.33. The summed E-state index contributed by atoms with van der Waals surface area (Å²) in [4.78, 5) is 24.5. The average Bonchev–Trinajstić information content (AvgIpc) is 2.51. The fraction of sp³-hybridized carbons (Fsp3) is 0.333. The van der Waals surface area contributed by atoms with Crippen LogP contribution >= 0.6 is 27.7 Å². The minimum absolute atomic E-state index is 0.0808. The molecule has 0 amide bonds. The summed E-state index contributed by atoms with van der Waals surface area (Å²) >= 11 is 4.99. The Kier molecular flexibility index (Phi) is 5.87. The van der Waals surface area contributed by atoms with E-state index in [2.05, 4.69) is 15.9 Å². The molecule has 0 saturated carbocycles. The maximum Gasteiger partial charge on any atom is 0.316 e. The van der Waals surface area contributed by atoms with Crippen molar-refractivity contribution in [1.82, 2.24) is 0 Å². The Bertz CT molecular complexity index is 735. The van der Waals surface area contributed by atoms with Gasteiger partial charge in [0, 0.05) is 14.8 Å². The smallest absolute Gasteiger partial charge is 0.316 e. The van der Waals surface area contributed by atoms with Crippen molar-refractivity contribution in [3.63, 3.8) is 0 Å². The van der Waals surface area contributed by atoms with Crippen molar-refractivity contribution in [1.29, 1.82) is 0 Å². The lowest BCUT2D eigenvalue weighted by Gasteiger charge is -2.16. The number of rotatable bonds is 5. The van der Waals surface area contributed by atoms with Crippen molar-refractivity contribution in [3.8, 4) is 0 Å². The summed E-state index contributed by atoms with van der Waals surface area (Å²) in [5.41, 5.74) is -0.491. The molecule has 0 heterocycles. The summed E-state index contributed by atoms with van der Waals surface area (Å²) in [5, 5.41) is 2.25. The van der Waals surface area contributed by atoms with Crippen molar-refractivity contribution in [3.05, 3.63) is 40.9 Å². The van der Waals surface area contributed by atoms with Crippen LogP contribution in [0.4, 0.5) is 0 Å². The van der Waals surface area contributed by atoms with E-state index >= 15 is 0 Å². The van der Waals surface area contributed by atoms with Crippen molar-refractivity contribution in [2.75, 3.05) is 12.4 Å². The van der Waals surface area contributed by atoms with E-state index in [1.807, 2.05) is 57.2 Å². The van der Waals surface area contributed by atoms with E-state index in [0.29, 0.717) is 0 Å². The van der Waals surface area contributed by atoms with E-state index in [1.54, 1.807) is 0 Å². The summed E-state index contributed by atoms with van der Waals surface area (Å²) in [6.07, 6.45) is 0. The molecular weight excluding hydrogens is 376 g/mol. The molecule has 23 heavy (non-hydrogen) atoms. The molecule has 0 spiro atoms. The second-order valence-corrected chi connectivity index (χ2v) is 8.03. The molecule has 0 bridgehead atoms. The molecule has 0 aromatic heterocycles. The third-order valence-electron chi connectivity index (χ3n) is 3.37. The molecule has 0 aliphatic carbocycles. The average molecular weight is 395 g/mol. The van der Waals surface area contributed by atoms with Gasteiger partial charge in [-0.15, -0.1) is 11.8 Å². The summed E-state index contributed by atoms with van der Waals surface area (Å²) in [6, 6.07) is 12.0. The van der Waals surface area contributed by atoms with E-state index in [0.717, 1.165) is 20.1 Å². The van der Waals surface area contributed by atoms with Crippen molar-refractivity contribution in [2.45, 2.75) is 25.7 Å². The number of thioether (sulfide) groups is 1. The minimum atomic E-state index is -0.491. The number of ketones is 1. The topological polar surface area (TPSA) is 43.4 Å². The van der Waals surface area contributed by atoms with Crippen LogP contribution in [0.25, 0.3) is 10.8 Å². The van der Waals surface area contributed by atoms with Crippen LogP contribution in [-0.4, -0.2) is 24.1 Å². The SMILES string of the molecule is CC(C)(C)C(=O)COC(=O)CSc1ccc2ccccc2c1Br. The highest BCUT2D eigenvalue weighted by atomic mass is 79.9. The van der Waals surface area contributed by atoms with E-state index in [-0.39, 0.29) is 24.1 Å². The second-order valence-electron chi connectivity index (χ2n) is 6.22. The molecule has 0 aliphatic rings. The summed E-state index contributed by atoms with van der Waals surface area (Å²) in [6.45, 7) is 5.26. The van der Waals surface area contributed by atoms with Crippen LogP contribution in [0.1, 0.15) is 20.8 Å². The zero-order valence-electron chi connectivity index (χ0n) is 13.4. The lowest BCUT2D eigenvalue weighted by Crippen LogP contribution is -2.26. The highest BCUT2D eigenvalue weighted by Crippen LogP contribution is 2.34. The van der Waals surface area contributed by atoms with Crippen LogP contribution in [0.2, 0.25) is 0 Å². The van der Waals surface area contributed by atoms with Gasteiger partial charge in [0.1, 0.15) is 0 Å². The summed E-state index contributed by atoms with van der Waals surface area (Å²) < 4.78 is 6.03. The van der Waals surface area contributed by atoms with Crippen LogP contribution in [0.15, 0.2) is 45.8 Å². The first-order valence-corrected chi connectivity index (χ1v) is 9.06. The van der Waals surface area contributed by atoms with Gasteiger partial charge in [-0.05, 0) is 32.8 Å². The lowest BCUT2D eigenvalue weighted by atomic mass is 9.91. The lowest BCUT2D eigenvalue weighted by molar-refractivity contribution is -0.147. The van der Waals surface area contributed by atoms with Crippen LogP contribution in [0.5, 0.6) is 0 Å². The van der Waals surface area contributed by atoms with Gasteiger partial charge in [0.2, 0.25) is 0 Å². The first-order chi connectivity index (χ1) is 10.8. The number of hydrogen-bond acceptors (Lipinski definition) is 4. The molecule has 3 nitrogen and oxygen atoms in total. The maximum atomic E-state index is 11.8. The van der Waals surface area contributed by atoms with Crippen LogP contribution in [0.3, 0.4) is 0 Å². The van der Waals surface area contributed by atoms with Gasteiger partial charge in [-0.1, -0.05) is 51.1 Å². The molecule has 2 aromatic rings. The number of halogens is 1. The second kappa shape index (κ2) is 7.49. The van der Waals surface area contributed by atoms with Gasteiger partial charge in [-0.2, -0.15) is 0 Å². The molecule has 0 saturated heterocycles. The molecule has 0 unspecified atom stereocenters. The molecule has 5 heteroatoms. The Morgan fingerprint density at radius 1 is 1.13 bits per heavy atom. The molecule has 2 rings (SSSR count). The fourth-order valence-electron chi connectivity index (χ4n) is 1.87. The molecule has 2 aromatic carbocycles. The first kappa shape index (κ1) is 18.0. The minimum Gasteiger partial charge on any atom is -0.457 e. The molecule has 0 fully saturated rings. The normalized spacial score (nSPS) is 11.5. The number of fused-ring (bicyclic) bond motifs is 1. The predicted octanol–water partition coefficient (Wildman–Crippen LogP) is 4.85. The number of hydrogen-bond donors (Lipinski definition) is 0. The van der Waals surface area contributed by atoms with E-state index in [1.165, 1.54) is 11.8 Å². The Balaban J connectivity index is 1.95. The number of carbonyl (C=O) groups is 2. The number of esters is 1. The van der Waals surface area contributed by atoms with E-state index in [4.69, 9.17) is 4.74 Å². The van der Waals surface area contributed by atoms with Gasteiger partial charge in [0.25, 0.3) is 0 Å². The monoisotopic (exact) mass is 394 g/mol. The summed E-state index contributed by atoms with van der Waals surface area (Å²) in [7, 11) is 0. The van der Waals surface area contributed by atoms with Gasteiger partial charge in [0.05, 0.1) is 5.75 Å². The zero-order chi connectivity index (χ0) is 17.0. The highest BCUT2D eigenvalue weighted by Gasteiger charge is 2.22. The third-order valence-corrected chi connectivity index (χ3v) is 5.52. The molecule has 0 radical (unpaired) electrons.